The Kier molecular flexibility index (Phi) is 7.51. The average Bonchev–Trinajstić information content (AvgIpc) is 2.85. The van der Waals surface area contributed by atoms with Gasteiger partial charge in [0, 0.05) is 18.5 Å². The number of hydrogen-bond donors (Lipinski definition) is 1. The molecule has 2 heterocycles. The molecule has 1 aliphatic rings. The molecule has 40 heavy (non-hydrogen) atoms. The molecular weight excluding hydrogens is 554 g/mol. The van der Waals surface area contributed by atoms with E-state index in [0.717, 1.165) is 43.0 Å². The average molecular weight is 584 g/mol. The number of anilines is 2. The number of rotatable bonds is 10. The SMILES string of the molecule is CS(=O)(=O)N(c1ccccc1CNc1cc(=O)n(OCc2ccccc2)c2ncnc(C3CCC3)c12)S(C)(=O)=O. The fraction of sp³-hybridized carbons (Fsp3) is 0.296. The molecule has 0 unspecified atom stereocenters. The van der Waals surface area contributed by atoms with Crippen molar-refractivity contribution in [2.45, 2.75) is 38.3 Å². The van der Waals surface area contributed by atoms with Gasteiger partial charge in [-0.15, -0.1) is 4.73 Å². The summed E-state index contributed by atoms with van der Waals surface area (Å²) in [6.45, 7) is 0.186. The van der Waals surface area contributed by atoms with Crippen molar-refractivity contribution in [3.63, 3.8) is 0 Å². The third-order valence-corrected chi connectivity index (χ3v) is 9.96. The van der Waals surface area contributed by atoms with Crippen LogP contribution in [0.3, 0.4) is 0 Å². The van der Waals surface area contributed by atoms with E-state index >= 15 is 0 Å². The predicted molar refractivity (Wildman–Crippen MR) is 153 cm³/mol. The van der Waals surface area contributed by atoms with Gasteiger partial charge in [-0.2, -0.15) is 3.71 Å². The van der Waals surface area contributed by atoms with Gasteiger partial charge in [-0.1, -0.05) is 55.0 Å². The molecule has 4 aromatic rings. The second-order valence-electron chi connectivity index (χ2n) is 9.74. The summed E-state index contributed by atoms with van der Waals surface area (Å²) in [6.07, 6.45) is 6.08. The first-order valence-electron chi connectivity index (χ1n) is 12.6. The largest absolute Gasteiger partial charge is 0.404 e. The first-order chi connectivity index (χ1) is 19.0. The van der Waals surface area contributed by atoms with Gasteiger partial charge in [0.1, 0.15) is 12.9 Å². The highest BCUT2D eigenvalue weighted by Crippen LogP contribution is 2.40. The zero-order chi connectivity index (χ0) is 28.5. The summed E-state index contributed by atoms with van der Waals surface area (Å²) >= 11 is 0. The number of pyridine rings is 1. The van der Waals surface area contributed by atoms with Gasteiger partial charge in [-0.25, -0.2) is 26.8 Å². The van der Waals surface area contributed by atoms with Crippen molar-refractivity contribution >= 4 is 42.5 Å². The molecular formula is C27H29N5O6S2. The van der Waals surface area contributed by atoms with Crippen LogP contribution in [0.4, 0.5) is 11.4 Å². The third kappa shape index (κ3) is 5.65. The van der Waals surface area contributed by atoms with Crippen molar-refractivity contribution in [3.8, 4) is 0 Å². The van der Waals surface area contributed by atoms with E-state index in [-0.39, 0.29) is 24.8 Å². The van der Waals surface area contributed by atoms with Gasteiger partial charge in [0.05, 0.1) is 35.0 Å². The molecule has 0 atom stereocenters. The zero-order valence-corrected chi connectivity index (χ0v) is 23.7. The van der Waals surface area contributed by atoms with E-state index in [2.05, 4.69) is 15.3 Å². The van der Waals surface area contributed by atoms with Crippen molar-refractivity contribution in [2.75, 3.05) is 21.5 Å². The Bertz CT molecular complexity index is 1790. The molecule has 5 rings (SSSR count). The summed E-state index contributed by atoms with van der Waals surface area (Å²) in [4.78, 5) is 28.1. The normalized spacial score (nSPS) is 14.1. The van der Waals surface area contributed by atoms with Gasteiger partial charge in [-0.3, -0.25) is 4.79 Å². The summed E-state index contributed by atoms with van der Waals surface area (Å²) in [5.74, 6) is 0.198. The summed E-state index contributed by atoms with van der Waals surface area (Å²) in [5.41, 5.74) is 2.38. The lowest BCUT2D eigenvalue weighted by molar-refractivity contribution is 0.0979. The van der Waals surface area contributed by atoms with Crippen molar-refractivity contribution in [1.29, 1.82) is 0 Å². The molecule has 1 saturated carbocycles. The molecule has 1 N–H and O–H groups in total. The second kappa shape index (κ2) is 10.9. The first kappa shape index (κ1) is 27.6. The van der Waals surface area contributed by atoms with Crippen LogP contribution in [0.5, 0.6) is 0 Å². The van der Waals surface area contributed by atoms with E-state index in [0.29, 0.717) is 26.0 Å². The van der Waals surface area contributed by atoms with E-state index in [1.165, 1.54) is 23.2 Å². The van der Waals surface area contributed by atoms with Gasteiger partial charge >= 0.3 is 0 Å². The highest BCUT2D eigenvalue weighted by atomic mass is 32.3. The molecule has 0 amide bonds. The number of para-hydroxylation sites is 1. The van der Waals surface area contributed by atoms with Crippen molar-refractivity contribution < 1.29 is 21.7 Å². The van der Waals surface area contributed by atoms with Gasteiger partial charge in [0.15, 0.2) is 5.65 Å². The highest BCUT2D eigenvalue weighted by Gasteiger charge is 2.30. The van der Waals surface area contributed by atoms with Gasteiger partial charge in [0.2, 0.25) is 20.0 Å². The van der Waals surface area contributed by atoms with Gasteiger partial charge < -0.3 is 10.2 Å². The Morgan fingerprint density at radius 2 is 1.65 bits per heavy atom. The van der Waals surface area contributed by atoms with Crippen LogP contribution in [0.15, 0.2) is 71.8 Å². The van der Waals surface area contributed by atoms with Crippen molar-refractivity contribution in [1.82, 2.24) is 14.7 Å². The Balaban J connectivity index is 1.56. The lowest BCUT2D eigenvalue weighted by Gasteiger charge is -2.27. The lowest BCUT2D eigenvalue weighted by atomic mass is 9.81. The topological polar surface area (TPSA) is 141 Å². The minimum Gasteiger partial charge on any atom is -0.404 e. The van der Waals surface area contributed by atoms with Crippen LogP contribution in [-0.2, 0) is 33.2 Å². The highest BCUT2D eigenvalue weighted by molar-refractivity contribution is 8.09. The van der Waals surface area contributed by atoms with Gasteiger partial charge in [-0.05, 0) is 30.0 Å². The summed E-state index contributed by atoms with van der Waals surface area (Å²) in [5, 5.41) is 3.85. The van der Waals surface area contributed by atoms with E-state index < -0.39 is 25.6 Å². The van der Waals surface area contributed by atoms with E-state index in [4.69, 9.17) is 4.84 Å². The van der Waals surface area contributed by atoms with Crippen LogP contribution in [0.25, 0.3) is 11.0 Å². The summed E-state index contributed by atoms with van der Waals surface area (Å²) in [7, 11) is -8.29. The molecule has 1 aliphatic carbocycles. The molecule has 0 aliphatic heterocycles. The van der Waals surface area contributed by atoms with Crippen LogP contribution in [0.2, 0.25) is 0 Å². The molecule has 210 valence electrons. The minimum atomic E-state index is -4.14. The maximum absolute atomic E-state index is 13.3. The fourth-order valence-electron chi connectivity index (χ4n) is 4.76. The standard InChI is InChI=1S/C27H29N5O6S2/c1-39(34,35)32(40(2,36)37)23-14-7-6-11-21(23)16-28-22-15-24(33)31(38-17-19-9-4-3-5-10-19)27-25(22)26(29-18-30-27)20-12-8-13-20/h3-7,9-11,14-15,18,20,28H,8,12-13,16-17H2,1-2H3. The zero-order valence-electron chi connectivity index (χ0n) is 22.0. The number of nitrogens with one attached hydrogen (secondary N) is 1. The number of hydrogen-bond acceptors (Lipinski definition) is 9. The van der Waals surface area contributed by atoms with Crippen LogP contribution in [0, 0.1) is 0 Å². The molecule has 11 nitrogen and oxygen atoms in total. The van der Waals surface area contributed by atoms with Crippen LogP contribution in [-0.4, -0.2) is 44.0 Å². The molecule has 0 bridgehead atoms. The maximum atomic E-state index is 13.3. The van der Waals surface area contributed by atoms with E-state index in [1.807, 2.05) is 30.3 Å². The number of aromatic nitrogens is 3. The molecule has 0 saturated heterocycles. The predicted octanol–water partition coefficient (Wildman–Crippen LogP) is 3.03. The second-order valence-corrected chi connectivity index (χ2v) is 13.6. The van der Waals surface area contributed by atoms with E-state index in [9.17, 15) is 21.6 Å². The third-order valence-electron chi connectivity index (χ3n) is 6.74. The fourth-order valence-corrected chi connectivity index (χ4v) is 7.80. The smallest absolute Gasteiger partial charge is 0.287 e. The Morgan fingerprint density at radius 3 is 2.30 bits per heavy atom. The Morgan fingerprint density at radius 1 is 0.975 bits per heavy atom. The Labute approximate surface area is 232 Å². The molecule has 0 spiro atoms. The summed E-state index contributed by atoms with van der Waals surface area (Å²) in [6, 6.07) is 17.1. The molecule has 2 aromatic heterocycles. The number of nitrogens with zero attached hydrogens (tertiary/aromatic N) is 4. The molecule has 1 fully saturated rings. The Hall–Kier alpha value is -3.97. The van der Waals surface area contributed by atoms with Crippen LogP contribution in [0.1, 0.15) is 42.0 Å². The van der Waals surface area contributed by atoms with Crippen LogP contribution >= 0.6 is 0 Å². The first-order valence-corrected chi connectivity index (χ1v) is 16.3. The monoisotopic (exact) mass is 583 g/mol. The quantitative estimate of drug-likeness (QED) is 0.298. The van der Waals surface area contributed by atoms with Crippen molar-refractivity contribution in [3.05, 3.63) is 94.2 Å². The van der Waals surface area contributed by atoms with Crippen molar-refractivity contribution in [2.24, 2.45) is 0 Å². The maximum Gasteiger partial charge on any atom is 0.287 e. The molecule has 0 radical (unpaired) electrons. The number of sulfonamides is 2. The summed E-state index contributed by atoms with van der Waals surface area (Å²) < 4.78 is 51.3. The number of fused-ring (bicyclic) bond motifs is 1. The minimum absolute atomic E-state index is 0.000640. The van der Waals surface area contributed by atoms with Crippen LogP contribution < -0.4 is 19.4 Å². The van der Waals surface area contributed by atoms with E-state index in [1.54, 1.807) is 18.2 Å². The number of benzene rings is 2. The lowest BCUT2D eigenvalue weighted by Crippen LogP contribution is -2.36. The molecule has 13 heteroatoms. The van der Waals surface area contributed by atoms with Gasteiger partial charge in [0.25, 0.3) is 5.56 Å². The molecule has 2 aromatic carbocycles.